The fourth-order valence-corrected chi connectivity index (χ4v) is 2.59. The Morgan fingerprint density at radius 2 is 1.81 bits per heavy atom. The molecule has 1 aromatic heterocycles. The monoisotopic (exact) mass is 282 g/mol. The summed E-state index contributed by atoms with van der Waals surface area (Å²) in [6, 6.07) is 10.6. The van der Waals surface area contributed by atoms with Crippen LogP contribution >= 0.6 is 0 Å². The Morgan fingerprint density at radius 1 is 1.05 bits per heavy atom. The van der Waals surface area contributed by atoms with Crippen molar-refractivity contribution in [1.82, 2.24) is 14.9 Å². The van der Waals surface area contributed by atoms with E-state index >= 15 is 0 Å². The van der Waals surface area contributed by atoms with Crippen LogP contribution in [-0.2, 0) is 13.2 Å². The SMILES string of the molecule is [c]1ccnc(OCc2ccc(CN3CCCCC3)cc2)n1. The van der Waals surface area contributed by atoms with Gasteiger partial charge in [0.1, 0.15) is 6.61 Å². The summed E-state index contributed by atoms with van der Waals surface area (Å²) in [5.74, 6) is 0. The van der Waals surface area contributed by atoms with Crippen LogP contribution < -0.4 is 4.74 Å². The third-order valence-electron chi connectivity index (χ3n) is 3.74. The van der Waals surface area contributed by atoms with Gasteiger partial charge < -0.3 is 4.74 Å². The van der Waals surface area contributed by atoms with Gasteiger partial charge >= 0.3 is 6.01 Å². The highest BCUT2D eigenvalue weighted by atomic mass is 16.5. The zero-order chi connectivity index (χ0) is 14.3. The van der Waals surface area contributed by atoms with Crippen molar-refractivity contribution in [3.63, 3.8) is 0 Å². The molecule has 1 aromatic carbocycles. The molecule has 0 unspecified atom stereocenters. The summed E-state index contributed by atoms with van der Waals surface area (Å²) >= 11 is 0. The van der Waals surface area contributed by atoms with E-state index in [1.807, 2.05) is 0 Å². The highest BCUT2D eigenvalue weighted by Gasteiger charge is 2.10. The van der Waals surface area contributed by atoms with Crippen molar-refractivity contribution in [2.45, 2.75) is 32.4 Å². The van der Waals surface area contributed by atoms with Crippen molar-refractivity contribution in [3.8, 4) is 6.01 Å². The summed E-state index contributed by atoms with van der Waals surface area (Å²) in [7, 11) is 0. The molecule has 1 fully saturated rings. The molecule has 0 spiro atoms. The summed E-state index contributed by atoms with van der Waals surface area (Å²) < 4.78 is 5.52. The normalized spacial score (nSPS) is 15.8. The minimum absolute atomic E-state index is 0.370. The molecule has 4 nitrogen and oxygen atoms in total. The van der Waals surface area contributed by atoms with E-state index in [4.69, 9.17) is 4.74 Å². The highest BCUT2D eigenvalue weighted by molar-refractivity contribution is 5.22. The van der Waals surface area contributed by atoms with E-state index in [9.17, 15) is 0 Å². The number of aromatic nitrogens is 2. The van der Waals surface area contributed by atoms with Crippen LogP contribution in [0.25, 0.3) is 0 Å². The number of ether oxygens (including phenoxy) is 1. The summed E-state index contributed by atoms with van der Waals surface area (Å²) in [4.78, 5) is 10.5. The third kappa shape index (κ3) is 4.26. The Hall–Kier alpha value is -1.94. The van der Waals surface area contributed by atoms with E-state index < -0.39 is 0 Å². The van der Waals surface area contributed by atoms with Crippen LogP contribution in [0.1, 0.15) is 30.4 Å². The molecule has 0 aliphatic carbocycles. The molecule has 0 saturated carbocycles. The van der Waals surface area contributed by atoms with Crippen molar-refractivity contribution < 1.29 is 4.74 Å². The topological polar surface area (TPSA) is 38.2 Å². The maximum atomic E-state index is 5.52. The predicted octanol–water partition coefficient (Wildman–Crippen LogP) is 2.84. The Balaban J connectivity index is 1.51. The predicted molar refractivity (Wildman–Crippen MR) is 80.8 cm³/mol. The molecule has 1 aliphatic heterocycles. The highest BCUT2D eigenvalue weighted by Crippen LogP contribution is 2.14. The van der Waals surface area contributed by atoms with Crippen LogP contribution in [0.2, 0.25) is 0 Å². The summed E-state index contributed by atoms with van der Waals surface area (Å²) in [6.45, 7) is 4.00. The first-order chi connectivity index (χ1) is 10.4. The number of rotatable bonds is 5. The Labute approximate surface area is 125 Å². The first kappa shape index (κ1) is 14.0. The van der Waals surface area contributed by atoms with E-state index in [1.165, 1.54) is 37.9 Å². The van der Waals surface area contributed by atoms with Crippen molar-refractivity contribution in [3.05, 3.63) is 53.9 Å². The van der Waals surface area contributed by atoms with Crippen LogP contribution in [-0.4, -0.2) is 28.0 Å². The average molecular weight is 282 g/mol. The Morgan fingerprint density at radius 3 is 2.52 bits per heavy atom. The molecule has 2 aromatic rings. The van der Waals surface area contributed by atoms with Crippen LogP contribution in [0, 0.1) is 6.20 Å². The lowest BCUT2D eigenvalue weighted by Crippen LogP contribution is -2.29. The average Bonchev–Trinajstić information content (AvgIpc) is 2.56. The number of benzene rings is 1. The summed E-state index contributed by atoms with van der Waals surface area (Å²) in [6.07, 6.45) is 8.39. The van der Waals surface area contributed by atoms with Gasteiger partial charge in [0.25, 0.3) is 0 Å². The zero-order valence-electron chi connectivity index (χ0n) is 12.2. The first-order valence-corrected chi connectivity index (χ1v) is 7.52. The van der Waals surface area contributed by atoms with Gasteiger partial charge in [-0.15, -0.1) is 0 Å². The number of hydrogen-bond acceptors (Lipinski definition) is 4. The van der Waals surface area contributed by atoms with Crippen LogP contribution in [0.4, 0.5) is 0 Å². The molecule has 109 valence electrons. The van der Waals surface area contributed by atoms with E-state index in [-0.39, 0.29) is 0 Å². The molecule has 21 heavy (non-hydrogen) atoms. The molecule has 4 heteroatoms. The van der Waals surface area contributed by atoms with Gasteiger partial charge in [-0.1, -0.05) is 30.7 Å². The van der Waals surface area contributed by atoms with Gasteiger partial charge in [0.2, 0.25) is 0 Å². The largest absolute Gasteiger partial charge is 0.459 e. The molecular weight excluding hydrogens is 262 g/mol. The van der Waals surface area contributed by atoms with Crippen molar-refractivity contribution in [2.24, 2.45) is 0 Å². The number of nitrogens with zero attached hydrogens (tertiary/aromatic N) is 3. The van der Waals surface area contributed by atoms with Gasteiger partial charge in [-0.3, -0.25) is 4.90 Å². The number of likely N-dealkylation sites (tertiary alicyclic amines) is 1. The molecule has 0 N–H and O–H groups in total. The van der Waals surface area contributed by atoms with Crippen LogP contribution in [0.15, 0.2) is 36.5 Å². The van der Waals surface area contributed by atoms with Gasteiger partial charge in [-0.2, -0.15) is 4.98 Å². The zero-order valence-corrected chi connectivity index (χ0v) is 12.2. The van der Waals surface area contributed by atoms with E-state index in [0.717, 1.165) is 12.1 Å². The Kier molecular flexibility index (Phi) is 4.79. The van der Waals surface area contributed by atoms with Crippen molar-refractivity contribution >= 4 is 0 Å². The van der Waals surface area contributed by atoms with Gasteiger partial charge in [0.05, 0.1) is 6.20 Å². The smallest absolute Gasteiger partial charge is 0.317 e. The molecule has 1 aliphatic rings. The van der Waals surface area contributed by atoms with E-state index in [2.05, 4.69) is 45.3 Å². The van der Waals surface area contributed by atoms with Crippen molar-refractivity contribution in [2.75, 3.05) is 13.1 Å². The molecule has 2 heterocycles. The second-order valence-corrected chi connectivity index (χ2v) is 5.41. The van der Waals surface area contributed by atoms with Gasteiger partial charge in [-0.25, -0.2) is 4.98 Å². The van der Waals surface area contributed by atoms with Gasteiger partial charge in [0, 0.05) is 12.7 Å². The molecule has 1 radical (unpaired) electrons. The lowest BCUT2D eigenvalue weighted by molar-refractivity contribution is 0.221. The third-order valence-corrected chi connectivity index (χ3v) is 3.74. The fourth-order valence-electron chi connectivity index (χ4n) is 2.59. The number of hydrogen-bond donors (Lipinski definition) is 0. The summed E-state index contributed by atoms with van der Waals surface area (Å²) in [5, 5.41) is 0. The molecule has 0 bridgehead atoms. The molecule has 1 saturated heterocycles. The van der Waals surface area contributed by atoms with Crippen LogP contribution in [0.3, 0.4) is 0 Å². The molecular formula is C17H20N3O. The second kappa shape index (κ2) is 7.18. The standard InChI is InChI=1S/C17H20N3O/c1-2-11-20(12-3-1)13-15-5-7-16(8-6-15)14-21-17-18-9-4-10-19-17/h4-9H,1-3,11-14H2. The van der Waals surface area contributed by atoms with E-state index in [0.29, 0.717) is 12.6 Å². The molecule has 0 atom stereocenters. The lowest BCUT2D eigenvalue weighted by Gasteiger charge is -2.26. The minimum Gasteiger partial charge on any atom is -0.459 e. The Bertz CT molecular complexity index is 536. The van der Waals surface area contributed by atoms with Crippen LogP contribution in [0.5, 0.6) is 6.01 Å². The maximum absolute atomic E-state index is 5.52. The van der Waals surface area contributed by atoms with Crippen molar-refractivity contribution in [1.29, 1.82) is 0 Å². The van der Waals surface area contributed by atoms with Gasteiger partial charge in [0.15, 0.2) is 0 Å². The maximum Gasteiger partial charge on any atom is 0.317 e. The molecule has 3 rings (SSSR count). The first-order valence-electron chi connectivity index (χ1n) is 7.52. The molecule has 0 amide bonds. The van der Waals surface area contributed by atoms with E-state index in [1.54, 1.807) is 12.3 Å². The second-order valence-electron chi connectivity index (χ2n) is 5.41. The quantitative estimate of drug-likeness (QED) is 0.845. The number of piperidine rings is 1. The fraction of sp³-hybridized carbons (Fsp3) is 0.412. The lowest BCUT2D eigenvalue weighted by atomic mass is 10.1. The van der Waals surface area contributed by atoms with Gasteiger partial charge in [-0.05, 0) is 43.1 Å². The minimum atomic E-state index is 0.370. The summed E-state index contributed by atoms with van der Waals surface area (Å²) in [5.41, 5.74) is 2.50.